The van der Waals surface area contributed by atoms with Crippen molar-refractivity contribution in [3.05, 3.63) is 35.4 Å². The van der Waals surface area contributed by atoms with E-state index >= 15 is 0 Å². The van der Waals surface area contributed by atoms with Gasteiger partial charge in [0.05, 0.1) is 0 Å². The van der Waals surface area contributed by atoms with Gasteiger partial charge in [-0.05, 0) is 55.9 Å². The number of benzene rings is 1. The lowest BCUT2D eigenvalue weighted by Crippen LogP contribution is -2.37. The summed E-state index contributed by atoms with van der Waals surface area (Å²) in [6.07, 6.45) is 4.54. The van der Waals surface area contributed by atoms with E-state index in [0.717, 1.165) is 24.3 Å². The number of rotatable bonds is 2. The molecule has 3 heteroatoms. The van der Waals surface area contributed by atoms with E-state index in [9.17, 15) is 4.79 Å². The van der Waals surface area contributed by atoms with Crippen LogP contribution in [0.25, 0.3) is 0 Å². The standard InChI is InChI=1S/C17H21NO2/c1-13-4-10-16(11-5-13)18-17(20)15-8-6-14(7-9-15)3-2-12-19/h6-9,13,16,19H,4-5,10-12H2,1H3,(H,18,20). The average molecular weight is 271 g/mol. The summed E-state index contributed by atoms with van der Waals surface area (Å²) in [6, 6.07) is 7.48. The van der Waals surface area contributed by atoms with Gasteiger partial charge in [-0.2, -0.15) is 0 Å². The molecule has 0 unspecified atom stereocenters. The molecular formula is C17H21NO2. The van der Waals surface area contributed by atoms with Crippen LogP contribution in [0, 0.1) is 17.8 Å². The fourth-order valence-electron chi connectivity index (χ4n) is 2.52. The number of carbonyl (C=O) groups is 1. The Kier molecular flexibility index (Phi) is 5.20. The molecule has 20 heavy (non-hydrogen) atoms. The Hall–Kier alpha value is -1.79. The van der Waals surface area contributed by atoms with Crippen LogP contribution in [0.3, 0.4) is 0 Å². The lowest BCUT2D eigenvalue weighted by atomic mass is 9.87. The fourth-order valence-corrected chi connectivity index (χ4v) is 2.52. The van der Waals surface area contributed by atoms with Gasteiger partial charge >= 0.3 is 0 Å². The van der Waals surface area contributed by atoms with Crippen molar-refractivity contribution in [2.24, 2.45) is 5.92 Å². The number of hydrogen-bond donors (Lipinski definition) is 2. The van der Waals surface area contributed by atoms with Crippen molar-refractivity contribution in [1.29, 1.82) is 0 Å². The molecule has 3 nitrogen and oxygen atoms in total. The van der Waals surface area contributed by atoms with Crippen LogP contribution in [0.2, 0.25) is 0 Å². The van der Waals surface area contributed by atoms with E-state index in [2.05, 4.69) is 24.1 Å². The summed E-state index contributed by atoms with van der Waals surface area (Å²) in [4.78, 5) is 12.1. The summed E-state index contributed by atoms with van der Waals surface area (Å²) in [5, 5.41) is 11.7. The van der Waals surface area contributed by atoms with Crippen LogP contribution in [-0.4, -0.2) is 23.7 Å². The van der Waals surface area contributed by atoms with Crippen molar-refractivity contribution in [1.82, 2.24) is 5.32 Å². The Morgan fingerprint density at radius 1 is 1.25 bits per heavy atom. The van der Waals surface area contributed by atoms with Crippen LogP contribution in [-0.2, 0) is 0 Å². The molecule has 0 saturated heterocycles. The second kappa shape index (κ2) is 7.12. The number of aliphatic hydroxyl groups excluding tert-OH is 1. The highest BCUT2D eigenvalue weighted by Crippen LogP contribution is 2.23. The monoisotopic (exact) mass is 271 g/mol. The highest BCUT2D eigenvalue weighted by molar-refractivity contribution is 5.94. The SMILES string of the molecule is CC1CCC(NC(=O)c2ccc(C#CCO)cc2)CC1. The molecule has 1 amide bonds. The lowest BCUT2D eigenvalue weighted by molar-refractivity contribution is 0.0923. The van der Waals surface area contributed by atoms with E-state index in [4.69, 9.17) is 5.11 Å². The lowest BCUT2D eigenvalue weighted by Gasteiger charge is -2.26. The summed E-state index contributed by atoms with van der Waals surface area (Å²) < 4.78 is 0. The van der Waals surface area contributed by atoms with Gasteiger partial charge in [0.1, 0.15) is 6.61 Å². The van der Waals surface area contributed by atoms with Gasteiger partial charge in [-0.3, -0.25) is 4.79 Å². The molecule has 2 N–H and O–H groups in total. The van der Waals surface area contributed by atoms with E-state index < -0.39 is 0 Å². The summed E-state index contributed by atoms with van der Waals surface area (Å²) in [5.74, 6) is 6.18. The third-order valence-electron chi connectivity index (χ3n) is 3.81. The third kappa shape index (κ3) is 4.11. The second-order valence-electron chi connectivity index (χ2n) is 5.47. The maximum Gasteiger partial charge on any atom is 0.251 e. The minimum absolute atomic E-state index is 0.00813. The Bertz CT molecular complexity index is 502. The molecule has 1 aliphatic rings. The predicted octanol–water partition coefficient (Wildman–Crippen LogP) is 2.34. The molecule has 1 saturated carbocycles. The quantitative estimate of drug-likeness (QED) is 0.811. The Morgan fingerprint density at radius 2 is 1.90 bits per heavy atom. The van der Waals surface area contributed by atoms with Crippen molar-refractivity contribution in [3.63, 3.8) is 0 Å². The van der Waals surface area contributed by atoms with E-state index in [1.165, 1.54) is 12.8 Å². The third-order valence-corrected chi connectivity index (χ3v) is 3.81. The van der Waals surface area contributed by atoms with Gasteiger partial charge in [0.25, 0.3) is 5.91 Å². The average Bonchev–Trinajstić information content (AvgIpc) is 2.48. The van der Waals surface area contributed by atoms with Crippen molar-refractivity contribution in [2.45, 2.75) is 38.6 Å². The number of amides is 1. The first-order valence-corrected chi connectivity index (χ1v) is 7.19. The van der Waals surface area contributed by atoms with Crippen LogP contribution in [0.15, 0.2) is 24.3 Å². The van der Waals surface area contributed by atoms with Gasteiger partial charge in [0, 0.05) is 17.2 Å². The number of carbonyl (C=O) groups excluding carboxylic acids is 1. The molecule has 0 heterocycles. The molecule has 106 valence electrons. The maximum atomic E-state index is 12.1. The zero-order valence-corrected chi connectivity index (χ0v) is 11.9. The molecule has 0 radical (unpaired) electrons. The molecule has 2 rings (SSSR count). The summed E-state index contributed by atoms with van der Waals surface area (Å²) in [6.45, 7) is 2.12. The zero-order chi connectivity index (χ0) is 14.4. The zero-order valence-electron chi connectivity index (χ0n) is 11.9. The van der Waals surface area contributed by atoms with Crippen molar-refractivity contribution >= 4 is 5.91 Å². The molecule has 1 aromatic carbocycles. The van der Waals surface area contributed by atoms with E-state index in [0.29, 0.717) is 11.6 Å². The van der Waals surface area contributed by atoms with Crippen molar-refractivity contribution < 1.29 is 9.90 Å². The van der Waals surface area contributed by atoms with Crippen LogP contribution < -0.4 is 5.32 Å². The fraction of sp³-hybridized carbons (Fsp3) is 0.471. The Labute approximate surface area is 120 Å². The first kappa shape index (κ1) is 14.6. The van der Waals surface area contributed by atoms with Crippen LogP contribution in [0.5, 0.6) is 0 Å². The minimum Gasteiger partial charge on any atom is -0.384 e. The normalized spacial score (nSPS) is 21.7. The van der Waals surface area contributed by atoms with Gasteiger partial charge in [0.15, 0.2) is 0 Å². The highest BCUT2D eigenvalue weighted by atomic mass is 16.2. The Balaban J connectivity index is 1.92. The molecular weight excluding hydrogens is 250 g/mol. The van der Waals surface area contributed by atoms with E-state index in [1.807, 2.05) is 0 Å². The minimum atomic E-state index is -0.150. The molecule has 1 aromatic rings. The van der Waals surface area contributed by atoms with Gasteiger partial charge in [0.2, 0.25) is 0 Å². The molecule has 0 atom stereocenters. The van der Waals surface area contributed by atoms with Gasteiger partial charge in [-0.15, -0.1) is 0 Å². The highest BCUT2D eigenvalue weighted by Gasteiger charge is 2.20. The first-order valence-electron chi connectivity index (χ1n) is 7.19. The van der Waals surface area contributed by atoms with Gasteiger partial charge in [-0.1, -0.05) is 18.8 Å². The van der Waals surface area contributed by atoms with Crippen LogP contribution in [0.4, 0.5) is 0 Å². The summed E-state index contributed by atoms with van der Waals surface area (Å²) in [5.41, 5.74) is 1.47. The van der Waals surface area contributed by atoms with Gasteiger partial charge in [-0.25, -0.2) is 0 Å². The first-order chi connectivity index (χ1) is 9.69. The van der Waals surface area contributed by atoms with E-state index in [1.54, 1.807) is 24.3 Å². The number of hydrogen-bond acceptors (Lipinski definition) is 2. The van der Waals surface area contributed by atoms with Crippen molar-refractivity contribution in [3.8, 4) is 11.8 Å². The largest absolute Gasteiger partial charge is 0.384 e. The number of aliphatic hydroxyl groups is 1. The molecule has 0 aromatic heterocycles. The molecule has 0 spiro atoms. The topological polar surface area (TPSA) is 49.3 Å². The molecule has 0 bridgehead atoms. The van der Waals surface area contributed by atoms with Crippen molar-refractivity contribution in [2.75, 3.05) is 6.61 Å². The number of nitrogens with one attached hydrogen (secondary N) is 1. The smallest absolute Gasteiger partial charge is 0.251 e. The second-order valence-corrected chi connectivity index (χ2v) is 5.47. The molecule has 1 fully saturated rings. The molecule has 1 aliphatic carbocycles. The van der Waals surface area contributed by atoms with Gasteiger partial charge < -0.3 is 10.4 Å². The predicted molar refractivity (Wildman–Crippen MR) is 79.3 cm³/mol. The Morgan fingerprint density at radius 3 is 2.50 bits per heavy atom. The summed E-state index contributed by atoms with van der Waals surface area (Å²) >= 11 is 0. The van der Waals surface area contributed by atoms with E-state index in [-0.39, 0.29) is 12.5 Å². The van der Waals surface area contributed by atoms with Crippen LogP contribution in [0.1, 0.15) is 48.5 Å². The maximum absolute atomic E-state index is 12.1. The summed E-state index contributed by atoms with van der Waals surface area (Å²) in [7, 11) is 0. The molecule has 0 aliphatic heterocycles. The van der Waals surface area contributed by atoms with Crippen LogP contribution >= 0.6 is 0 Å².